The van der Waals surface area contributed by atoms with E-state index in [9.17, 15) is 30.3 Å². The Bertz CT molecular complexity index is 1360. The molecule has 2 aliphatic heterocycles. The molecule has 0 spiro atoms. The van der Waals surface area contributed by atoms with E-state index in [-0.39, 0.29) is 40.3 Å². The fraction of sp³-hybridized carbons (Fsp3) is 0.868. The molecule has 0 amide bonds. The van der Waals surface area contributed by atoms with E-state index in [4.69, 9.17) is 18.9 Å². The van der Waals surface area contributed by atoms with Gasteiger partial charge in [-0.2, -0.15) is 0 Å². The Kier molecular flexibility index (Phi) is 8.64. The minimum Gasteiger partial charge on any atom is -0.432 e. The van der Waals surface area contributed by atoms with Crippen molar-refractivity contribution in [3.8, 4) is 0 Å². The summed E-state index contributed by atoms with van der Waals surface area (Å²) in [5, 5.41) is 50.9. The molecule has 5 fully saturated rings. The van der Waals surface area contributed by atoms with Gasteiger partial charge in [0.2, 0.25) is 6.29 Å². The SMILES string of the molecule is CC1=C(C)[C@H]2C3=CC[C@@H]4[C@@]5(C)CC[C@@H]6OC(CO)OC[C@@]6(C)[C@@H]5CC[C@@]4(C)[C@]3(C)CC[C@@]2(C(=O)O[C@@H]2O[C@H](CO)[C@@H](O)[C@H](O)[C@H]2O)CC1. The molecule has 0 aromatic rings. The van der Waals surface area contributed by atoms with Crippen LogP contribution in [0.3, 0.4) is 0 Å². The van der Waals surface area contributed by atoms with Gasteiger partial charge in [-0.15, -0.1) is 0 Å². The van der Waals surface area contributed by atoms with E-state index in [1.54, 1.807) is 0 Å². The first-order valence-corrected chi connectivity index (χ1v) is 18.4. The molecule has 5 N–H and O–H groups in total. The van der Waals surface area contributed by atoms with Crippen molar-refractivity contribution >= 4 is 5.97 Å². The summed E-state index contributed by atoms with van der Waals surface area (Å²) in [5.41, 5.74) is 2.86. The number of carbonyl (C=O) groups is 1. The Hall–Kier alpha value is -1.37. The predicted molar refractivity (Wildman–Crippen MR) is 175 cm³/mol. The molecule has 48 heavy (non-hydrogen) atoms. The average Bonchev–Trinajstić information content (AvgIpc) is 3.06. The number of fused-ring (bicyclic) bond motifs is 9. The molecular formula is C38H58O10. The maximum absolute atomic E-state index is 14.5. The van der Waals surface area contributed by atoms with E-state index in [0.717, 1.165) is 44.9 Å². The summed E-state index contributed by atoms with van der Waals surface area (Å²) in [5.74, 6) is 0.303. The Morgan fingerprint density at radius 2 is 1.62 bits per heavy atom. The van der Waals surface area contributed by atoms with Gasteiger partial charge in [0.05, 0.1) is 31.3 Å². The Morgan fingerprint density at radius 1 is 0.875 bits per heavy atom. The predicted octanol–water partition coefficient (Wildman–Crippen LogP) is 3.77. The molecule has 0 radical (unpaired) electrons. The smallest absolute Gasteiger partial charge is 0.315 e. The molecule has 10 nitrogen and oxygen atoms in total. The van der Waals surface area contributed by atoms with Gasteiger partial charge in [-0.3, -0.25) is 4.79 Å². The molecule has 270 valence electrons. The summed E-state index contributed by atoms with van der Waals surface area (Å²) >= 11 is 0. The van der Waals surface area contributed by atoms with E-state index in [2.05, 4.69) is 47.6 Å². The van der Waals surface area contributed by atoms with Gasteiger partial charge in [-0.1, -0.05) is 50.5 Å². The maximum Gasteiger partial charge on any atom is 0.315 e. The molecule has 1 unspecified atom stereocenters. The highest BCUT2D eigenvalue weighted by atomic mass is 16.7. The highest BCUT2D eigenvalue weighted by Crippen LogP contribution is 2.76. The van der Waals surface area contributed by atoms with E-state index in [1.165, 1.54) is 16.7 Å². The largest absolute Gasteiger partial charge is 0.432 e. The molecule has 15 atom stereocenters. The van der Waals surface area contributed by atoms with Crippen LogP contribution in [0, 0.1) is 44.8 Å². The van der Waals surface area contributed by atoms with E-state index in [0.29, 0.717) is 31.3 Å². The number of aliphatic hydroxyl groups is 5. The van der Waals surface area contributed by atoms with Crippen LogP contribution in [0.4, 0.5) is 0 Å². The zero-order chi connectivity index (χ0) is 34.6. The summed E-state index contributed by atoms with van der Waals surface area (Å²) in [6.07, 6.45) is 2.64. The van der Waals surface area contributed by atoms with E-state index >= 15 is 0 Å². The first kappa shape index (κ1) is 35.1. The second kappa shape index (κ2) is 11.8. The summed E-state index contributed by atoms with van der Waals surface area (Å²) in [7, 11) is 0. The fourth-order valence-electron chi connectivity index (χ4n) is 12.6. The number of rotatable bonds is 4. The van der Waals surface area contributed by atoms with Crippen LogP contribution in [0.1, 0.15) is 99.3 Å². The highest BCUT2D eigenvalue weighted by Gasteiger charge is 2.70. The van der Waals surface area contributed by atoms with Crippen LogP contribution in [0.5, 0.6) is 0 Å². The first-order valence-electron chi connectivity index (χ1n) is 18.4. The first-order chi connectivity index (χ1) is 22.6. The average molecular weight is 675 g/mol. The number of esters is 1. The van der Waals surface area contributed by atoms with Crippen LogP contribution in [-0.2, 0) is 23.7 Å². The molecule has 2 saturated heterocycles. The highest BCUT2D eigenvalue weighted by molar-refractivity contribution is 5.80. The van der Waals surface area contributed by atoms with Crippen LogP contribution in [-0.4, -0.2) is 94.4 Å². The fourth-order valence-corrected chi connectivity index (χ4v) is 12.6. The van der Waals surface area contributed by atoms with Gasteiger partial charge in [0.15, 0.2) is 6.29 Å². The Morgan fingerprint density at radius 3 is 2.33 bits per heavy atom. The van der Waals surface area contributed by atoms with Crippen LogP contribution in [0.15, 0.2) is 22.8 Å². The third-order valence-corrected chi connectivity index (χ3v) is 15.8. The van der Waals surface area contributed by atoms with Gasteiger partial charge in [0.1, 0.15) is 24.4 Å². The molecule has 5 aliphatic carbocycles. The van der Waals surface area contributed by atoms with Gasteiger partial charge >= 0.3 is 5.97 Å². The lowest BCUT2D eigenvalue weighted by Crippen LogP contribution is -2.67. The van der Waals surface area contributed by atoms with Crippen molar-refractivity contribution in [1.29, 1.82) is 0 Å². The molecule has 10 heteroatoms. The lowest BCUT2D eigenvalue weighted by atomic mass is 9.33. The molecule has 7 rings (SSSR count). The van der Waals surface area contributed by atoms with E-state index < -0.39 is 55.0 Å². The van der Waals surface area contributed by atoms with Gasteiger partial charge in [0, 0.05) is 11.3 Å². The molecule has 0 aromatic carbocycles. The van der Waals surface area contributed by atoms with Crippen molar-refractivity contribution in [2.24, 2.45) is 44.8 Å². The van der Waals surface area contributed by atoms with Gasteiger partial charge in [0.25, 0.3) is 0 Å². The van der Waals surface area contributed by atoms with Crippen molar-refractivity contribution in [3.63, 3.8) is 0 Å². The zero-order valence-electron chi connectivity index (χ0n) is 29.6. The molecule has 0 bridgehead atoms. The number of carbonyl (C=O) groups excluding carboxylic acids is 1. The van der Waals surface area contributed by atoms with Crippen LogP contribution < -0.4 is 0 Å². The normalized spacial score (nSPS) is 53.4. The third kappa shape index (κ3) is 4.62. The van der Waals surface area contributed by atoms with Gasteiger partial charge < -0.3 is 44.5 Å². The Balaban J connectivity index is 1.22. The minimum absolute atomic E-state index is 0.00844. The quantitative estimate of drug-likeness (QED) is 0.220. The molecule has 2 heterocycles. The molecule has 3 saturated carbocycles. The van der Waals surface area contributed by atoms with Crippen molar-refractivity contribution in [2.45, 2.75) is 142 Å². The lowest BCUT2D eigenvalue weighted by Gasteiger charge is -2.71. The van der Waals surface area contributed by atoms with Crippen molar-refractivity contribution in [2.75, 3.05) is 19.8 Å². The Labute approximate surface area is 284 Å². The lowest BCUT2D eigenvalue weighted by molar-refractivity contribution is -0.319. The number of allylic oxidation sites excluding steroid dienone is 4. The van der Waals surface area contributed by atoms with Crippen LogP contribution in [0.25, 0.3) is 0 Å². The summed E-state index contributed by atoms with van der Waals surface area (Å²) in [6.45, 7) is 14.1. The number of hydrogen-bond donors (Lipinski definition) is 5. The number of aliphatic hydroxyl groups excluding tert-OH is 5. The monoisotopic (exact) mass is 674 g/mol. The van der Waals surface area contributed by atoms with Gasteiger partial charge in [-0.25, -0.2) is 0 Å². The topological polar surface area (TPSA) is 155 Å². The van der Waals surface area contributed by atoms with E-state index in [1.807, 2.05) is 0 Å². The van der Waals surface area contributed by atoms with Crippen molar-refractivity contribution in [3.05, 3.63) is 22.8 Å². The molecular weight excluding hydrogens is 616 g/mol. The minimum atomic E-state index is -1.63. The standard InChI is InChI=1S/C38H58O10/c1-20-9-14-38(33(44)48-32-31(43)30(42)29(41)23(17-39)46-32)16-15-36(5)22(28(38)21(20)2)7-8-25-34(3)12-11-26-35(4,19-45-27(18-40)47-26)24(34)10-13-37(25,36)6/h7,23-32,39-43H,8-19H2,1-6H3/t23-,24-,25-,26+,27?,28+,29-,30+,31-,32+,34+,35+,36-,37-,38+/m1/s1. The van der Waals surface area contributed by atoms with Gasteiger partial charge in [-0.05, 0) is 99.7 Å². The summed E-state index contributed by atoms with van der Waals surface area (Å²) < 4.78 is 24.0. The summed E-state index contributed by atoms with van der Waals surface area (Å²) in [4.78, 5) is 14.5. The molecule has 7 aliphatic rings. The maximum atomic E-state index is 14.5. The van der Waals surface area contributed by atoms with Crippen molar-refractivity contribution in [1.82, 2.24) is 0 Å². The van der Waals surface area contributed by atoms with Crippen LogP contribution >= 0.6 is 0 Å². The molecule has 0 aromatic heterocycles. The zero-order valence-corrected chi connectivity index (χ0v) is 29.6. The van der Waals surface area contributed by atoms with Crippen molar-refractivity contribution < 1.29 is 49.3 Å². The summed E-state index contributed by atoms with van der Waals surface area (Å²) in [6, 6.07) is 0. The van der Waals surface area contributed by atoms with Crippen LogP contribution in [0.2, 0.25) is 0 Å². The third-order valence-electron chi connectivity index (χ3n) is 15.8. The number of ether oxygens (including phenoxy) is 4. The second-order valence-corrected chi connectivity index (χ2v) is 17.5. The number of hydrogen-bond acceptors (Lipinski definition) is 10. The second-order valence-electron chi connectivity index (χ2n) is 17.5.